The molecule has 16 heteroatoms. The number of hydrogen-bond acceptors (Lipinski definition) is 8. The normalized spacial score (nSPS) is 23.4. The minimum absolute atomic E-state index is 0.00172. The number of fused-ring (bicyclic) bond motifs is 2. The molecule has 3 aliphatic carbocycles. The second kappa shape index (κ2) is 22.9. The summed E-state index contributed by atoms with van der Waals surface area (Å²) in [7, 11) is 0. The fourth-order valence-electron chi connectivity index (χ4n) is 11.6. The van der Waals surface area contributed by atoms with Crippen LogP contribution in [0.2, 0.25) is 0 Å². The van der Waals surface area contributed by atoms with Crippen molar-refractivity contribution in [2.45, 2.75) is 173 Å². The predicted molar refractivity (Wildman–Crippen MR) is 265 cm³/mol. The zero-order valence-electron chi connectivity index (χ0n) is 42.1. The maximum absolute atomic E-state index is 15.4. The number of hydrogen-bond donors (Lipinski definition) is 1. The summed E-state index contributed by atoms with van der Waals surface area (Å²) in [5.41, 5.74) is 4.65. The largest absolute Gasteiger partial charge is 0.480 e. The van der Waals surface area contributed by atoms with E-state index in [1.807, 2.05) is 93.3 Å². The summed E-state index contributed by atoms with van der Waals surface area (Å²) in [6.45, 7) is 10.7. The molecule has 0 radical (unpaired) electrons. The minimum atomic E-state index is -1.28. The van der Waals surface area contributed by atoms with Crippen LogP contribution in [-0.2, 0) is 70.7 Å². The Morgan fingerprint density at radius 3 is 1.39 bits per heavy atom. The number of carboxylic acids is 1. The van der Waals surface area contributed by atoms with Crippen LogP contribution in [0.15, 0.2) is 60.7 Å². The zero-order chi connectivity index (χ0) is 50.3. The number of morpholine rings is 2. The monoisotopic (exact) mass is 982 g/mol. The number of carbonyl (C=O) groups is 4. The first kappa shape index (κ1) is 51.9. The number of likely N-dealkylation sites (tertiary alicyclic amines) is 1. The van der Waals surface area contributed by atoms with Gasteiger partial charge in [0, 0.05) is 74.6 Å². The van der Waals surface area contributed by atoms with Gasteiger partial charge in [0.05, 0.1) is 24.4 Å². The van der Waals surface area contributed by atoms with Crippen LogP contribution in [0.4, 0.5) is 8.78 Å². The number of nitrogens with zero attached hydrogens (tertiary/aromatic N) is 7. The molecule has 0 unspecified atom stereocenters. The van der Waals surface area contributed by atoms with Gasteiger partial charge in [0.15, 0.2) is 11.4 Å². The van der Waals surface area contributed by atoms with Crippen LogP contribution in [0.5, 0.6) is 0 Å². The Kier molecular flexibility index (Phi) is 16.8. The third-order valence-corrected chi connectivity index (χ3v) is 14.9. The molecule has 2 aromatic carbocycles. The van der Waals surface area contributed by atoms with Crippen molar-refractivity contribution in [2.75, 3.05) is 39.3 Å². The van der Waals surface area contributed by atoms with Crippen LogP contribution in [-0.4, -0.2) is 138 Å². The molecule has 1 N–H and O–H groups in total. The number of ether oxygens (including phenoxy) is 2. The van der Waals surface area contributed by atoms with E-state index in [4.69, 9.17) is 14.6 Å². The van der Waals surface area contributed by atoms with Gasteiger partial charge in [0.25, 0.3) is 11.8 Å². The number of carbonyl (C=O) groups excluding carboxylic acids is 3. The van der Waals surface area contributed by atoms with E-state index < -0.39 is 17.3 Å². The lowest BCUT2D eigenvalue weighted by atomic mass is 9.82. The molecule has 3 aliphatic heterocycles. The Morgan fingerprint density at radius 1 is 0.563 bits per heavy atom. The lowest BCUT2D eigenvalue weighted by molar-refractivity contribution is -0.138. The first-order chi connectivity index (χ1) is 34.0. The molecule has 3 saturated heterocycles. The van der Waals surface area contributed by atoms with Crippen molar-refractivity contribution in [3.63, 3.8) is 0 Å². The highest BCUT2D eigenvalue weighted by Gasteiger charge is 2.38. The van der Waals surface area contributed by atoms with Gasteiger partial charge in [0.2, 0.25) is 5.91 Å². The molecule has 14 nitrogen and oxygen atoms in total. The van der Waals surface area contributed by atoms with E-state index in [1.54, 1.807) is 14.5 Å². The minimum Gasteiger partial charge on any atom is -0.480 e. The Morgan fingerprint density at radius 2 is 0.972 bits per heavy atom. The van der Waals surface area contributed by atoms with E-state index in [1.165, 1.54) is 11.1 Å². The van der Waals surface area contributed by atoms with Gasteiger partial charge in [-0.15, -0.1) is 0 Å². The third-order valence-electron chi connectivity index (χ3n) is 14.9. The lowest BCUT2D eigenvalue weighted by Crippen LogP contribution is -2.48. The summed E-state index contributed by atoms with van der Waals surface area (Å²) in [4.78, 5) is 55.6. The lowest BCUT2D eigenvalue weighted by Gasteiger charge is -2.36. The van der Waals surface area contributed by atoms with Gasteiger partial charge in [0.1, 0.15) is 24.4 Å². The molecule has 1 saturated carbocycles. The number of halogens is 2. The van der Waals surface area contributed by atoms with Gasteiger partial charge >= 0.3 is 5.97 Å². The molecule has 0 bridgehead atoms. The Bertz CT molecular complexity index is 2450. The van der Waals surface area contributed by atoms with E-state index in [0.717, 1.165) is 97.8 Å². The standard InChI is InChI=1S/C27H35FN4O3.C15H21N3O4.C13H17F/c1-19-16-31(17-20(2)35-19)26(34)25-22-9-6-10-23(22)32(29-25)18-24(33)30-13-11-27(28,12-14-30)15-21-7-4-3-5-8-21;1-9-6-17(7-10(2)22-9)15(21)14-11-4-3-5-12(11)18(16-14)8-13(19)20;14-13(9-5-2-6-10-13)11-12-7-3-1-4-8-12/h3-5,7-8,19-20H,6,9-18H2,1-2H3;9-10H,3-8H2,1-2H3,(H,19,20);1,3-4,7-8H,2,5-6,9-11H2/t19-,20+;9-,10+;. The molecule has 5 heterocycles. The highest BCUT2D eigenvalue weighted by molar-refractivity contribution is 5.95. The number of aromatic nitrogens is 4. The zero-order valence-corrected chi connectivity index (χ0v) is 42.1. The van der Waals surface area contributed by atoms with Crippen molar-refractivity contribution in [3.05, 3.63) is 106 Å². The van der Waals surface area contributed by atoms with Crippen LogP contribution in [0.25, 0.3) is 0 Å². The number of benzene rings is 2. The second-order valence-corrected chi connectivity index (χ2v) is 21.0. The summed E-state index contributed by atoms with van der Waals surface area (Å²) in [6, 6.07) is 19.7. The maximum Gasteiger partial charge on any atom is 0.325 e. The van der Waals surface area contributed by atoms with Crippen LogP contribution in [0.3, 0.4) is 0 Å². The quantitative estimate of drug-likeness (QED) is 0.168. The molecule has 6 aliphatic rings. The molecule has 4 fully saturated rings. The van der Waals surface area contributed by atoms with Crippen LogP contribution in [0, 0.1) is 0 Å². The fourth-order valence-corrected chi connectivity index (χ4v) is 11.6. The Labute approximate surface area is 417 Å². The van der Waals surface area contributed by atoms with Gasteiger partial charge in [-0.3, -0.25) is 28.5 Å². The van der Waals surface area contributed by atoms with Crippen LogP contribution in [0.1, 0.15) is 140 Å². The topological polar surface area (TPSA) is 152 Å². The number of piperidine rings is 1. The van der Waals surface area contributed by atoms with Crippen LogP contribution >= 0.6 is 0 Å². The molecule has 4 atom stereocenters. The van der Waals surface area contributed by atoms with Gasteiger partial charge in [-0.25, -0.2) is 8.78 Å². The fraction of sp³-hybridized carbons (Fsp3) is 0.600. The number of aliphatic carboxylic acids is 1. The van der Waals surface area contributed by atoms with Crippen molar-refractivity contribution in [1.82, 2.24) is 34.3 Å². The van der Waals surface area contributed by atoms with Gasteiger partial charge in [-0.1, -0.05) is 79.9 Å². The number of alkyl halides is 2. The SMILES string of the molecule is C[C@@H]1CN(C(=O)c2nn(CC(=O)N3CCC(F)(Cc4ccccc4)CC3)c3c2CCC3)C[C@H](C)O1.C[C@@H]1CN(C(=O)c2nn(CC(=O)O)c3c2CCC3)C[C@H](C)O1.FC1(Cc2ccccc2)CCCCC1. The Hall–Kier alpha value is -5.48. The highest BCUT2D eigenvalue weighted by Crippen LogP contribution is 2.35. The summed E-state index contributed by atoms with van der Waals surface area (Å²) in [5, 5.41) is 17.9. The van der Waals surface area contributed by atoms with E-state index in [2.05, 4.69) is 10.2 Å². The first-order valence-corrected chi connectivity index (χ1v) is 26.1. The number of rotatable bonds is 10. The van der Waals surface area contributed by atoms with Gasteiger partial charge in [-0.05, 0) is 103 Å². The molecule has 71 heavy (non-hydrogen) atoms. The second-order valence-electron chi connectivity index (χ2n) is 21.0. The predicted octanol–water partition coefficient (Wildman–Crippen LogP) is 7.80. The van der Waals surface area contributed by atoms with Crippen molar-refractivity contribution in [3.8, 4) is 0 Å². The van der Waals surface area contributed by atoms with E-state index >= 15 is 4.39 Å². The maximum atomic E-state index is 15.4. The Balaban J connectivity index is 0.000000159. The molecule has 2 aromatic heterocycles. The van der Waals surface area contributed by atoms with Gasteiger partial charge < -0.3 is 29.3 Å². The highest BCUT2D eigenvalue weighted by atomic mass is 19.1. The molecule has 10 rings (SSSR count). The van der Waals surface area contributed by atoms with Crippen molar-refractivity contribution in [1.29, 1.82) is 0 Å². The van der Waals surface area contributed by atoms with E-state index in [-0.39, 0.29) is 55.2 Å². The molecule has 3 amide bonds. The molecule has 384 valence electrons. The van der Waals surface area contributed by atoms with Crippen molar-refractivity contribution in [2.24, 2.45) is 0 Å². The summed E-state index contributed by atoms with van der Waals surface area (Å²) in [5.74, 6) is -1.18. The third kappa shape index (κ3) is 13.1. The van der Waals surface area contributed by atoms with Gasteiger partial charge in [-0.2, -0.15) is 10.2 Å². The summed E-state index contributed by atoms with van der Waals surface area (Å²) < 4.78 is 44.3. The van der Waals surface area contributed by atoms with Crippen molar-refractivity contribution >= 4 is 23.7 Å². The van der Waals surface area contributed by atoms with E-state index in [9.17, 15) is 23.6 Å². The van der Waals surface area contributed by atoms with E-state index in [0.29, 0.717) is 76.3 Å². The first-order valence-electron chi connectivity index (χ1n) is 26.1. The molecular weight excluding hydrogens is 909 g/mol. The number of amides is 3. The average Bonchev–Trinajstić information content (AvgIpc) is 4.14. The number of carboxylic acid groups (broad SMARTS) is 1. The average molecular weight is 982 g/mol. The van der Waals surface area contributed by atoms with Crippen LogP contribution < -0.4 is 0 Å². The summed E-state index contributed by atoms with van der Waals surface area (Å²) in [6.07, 6.45) is 11.6. The smallest absolute Gasteiger partial charge is 0.325 e. The molecule has 0 spiro atoms. The molecular formula is C55H73F2N7O7. The van der Waals surface area contributed by atoms with Crippen molar-refractivity contribution < 1.29 is 42.5 Å². The summed E-state index contributed by atoms with van der Waals surface area (Å²) >= 11 is 0. The molecule has 4 aromatic rings.